The maximum absolute atomic E-state index is 11.8. The van der Waals surface area contributed by atoms with Gasteiger partial charge >= 0.3 is 5.97 Å². The molecule has 202 valence electrons. The number of para-hydroxylation sites is 1. The van der Waals surface area contributed by atoms with E-state index in [0.29, 0.717) is 35.2 Å². The number of benzene rings is 2. The third-order valence-corrected chi connectivity index (χ3v) is 9.00. The Morgan fingerprint density at radius 2 is 2.00 bits per heavy atom. The second kappa shape index (κ2) is 9.78. The molecule has 9 heteroatoms. The Morgan fingerprint density at radius 1 is 1.23 bits per heavy atom. The van der Waals surface area contributed by atoms with E-state index in [1.165, 1.54) is 0 Å². The number of hydrogen-bond acceptors (Lipinski definition) is 8. The fourth-order valence-corrected chi connectivity index (χ4v) is 6.87. The van der Waals surface area contributed by atoms with Crippen LogP contribution in [0.4, 0.5) is 11.5 Å². The van der Waals surface area contributed by atoms with Crippen molar-refractivity contribution in [2.24, 2.45) is 11.3 Å². The van der Waals surface area contributed by atoms with Crippen LogP contribution in [0.15, 0.2) is 36.4 Å². The van der Waals surface area contributed by atoms with Crippen LogP contribution in [0, 0.1) is 29.6 Å². The van der Waals surface area contributed by atoms with E-state index in [-0.39, 0.29) is 23.1 Å². The van der Waals surface area contributed by atoms with E-state index in [0.717, 1.165) is 55.7 Å². The van der Waals surface area contributed by atoms with Crippen molar-refractivity contribution in [2.75, 3.05) is 50.1 Å². The van der Waals surface area contributed by atoms with E-state index in [1.807, 2.05) is 26.0 Å². The Bertz CT molecular complexity index is 1480. The number of anilines is 2. The molecule has 39 heavy (non-hydrogen) atoms. The minimum absolute atomic E-state index is 0.155. The lowest BCUT2D eigenvalue weighted by molar-refractivity contribution is 0.0697. The summed E-state index contributed by atoms with van der Waals surface area (Å²) >= 11 is 0. The van der Waals surface area contributed by atoms with Gasteiger partial charge in [-0.15, -0.1) is 0 Å². The van der Waals surface area contributed by atoms with Crippen LogP contribution < -0.4 is 10.2 Å². The smallest absolute Gasteiger partial charge is 0.337 e. The lowest BCUT2D eigenvalue weighted by Crippen LogP contribution is -2.43. The number of carbonyl (C=O) groups is 1. The predicted octanol–water partition coefficient (Wildman–Crippen LogP) is 4.23. The van der Waals surface area contributed by atoms with Crippen LogP contribution in [-0.2, 0) is 4.74 Å². The fraction of sp³-hybridized carbons (Fsp3) is 0.467. The first kappa shape index (κ1) is 25.5. The highest BCUT2D eigenvalue weighted by molar-refractivity contribution is 5.94. The molecule has 3 aromatic rings. The summed E-state index contributed by atoms with van der Waals surface area (Å²) in [5.74, 6) is 0.0655. The summed E-state index contributed by atoms with van der Waals surface area (Å²) in [5, 5.41) is 23.2. The average molecular weight is 527 g/mol. The van der Waals surface area contributed by atoms with Crippen LogP contribution in [0.3, 0.4) is 0 Å². The van der Waals surface area contributed by atoms with Crippen molar-refractivity contribution in [3.8, 4) is 6.07 Å². The number of nitrogens with zero attached hydrogens (tertiary/aromatic N) is 5. The van der Waals surface area contributed by atoms with E-state index in [9.17, 15) is 15.2 Å². The van der Waals surface area contributed by atoms with Gasteiger partial charge in [-0.1, -0.05) is 18.2 Å². The number of nitriles is 1. The summed E-state index contributed by atoms with van der Waals surface area (Å²) in [6.45, 7) is 8.37. The van der Waals surface area contributed by atoms with Crippen LogP contribution in [0.25, 0.3) is 11.0 Å². The maximum Gasteiger partial charge on any atom is 0.337 e. The van der Waals surface area contributed by atoms with Gasteiger partial charge in [0, 0.05) is 23.7 Å². The molecular weight excluding hydrogens is 492 g/mol. The number of carboxylic acids is 1. The van der Waals surface area contributed by atoms with Crippen LogP contribution in [-0.4, -0.2) is 71.9 Å². The molecule has 0 aliphatic carbocycles. The lowest BCUT2D eigenvalue weighted by atomic mass is 9.70. The molecule has 9 nitrogen and oxygen atoms in total. The molecule has 0 radical (unpaired) electrons. The molecule has 3 fully saturated rings. The standard InChI is InChI=1S/C30H34N6O3/c1-18-12-21(19(2)32-23-7-5-4-6-20(23)29(37)38)27-24(13-18)33-25(14-31)28(34-27)36-17-30(8-10-35(3)11-9-30)22-15-39-16-26(22)36/h4-7,12-13,19,22,26,32H,8-11,15-17H2,1-3H3,(H,37,38)/t19-,22?,26?/m1/s1. The number of carboxylic acid groups (broad SMARTS) is 1. The third kappa shape index (κ3) is 4.38. The first-order valence-corrected chi connectivity index (χ1v) is 13.6. The van der Waals surface area contributed by atoms with E-state index in [2.05, 4.69) is 34.3 Å². The van der Waals surface area contributed by atoms with Gasteiger partial charge in [-0.05, 0) is 76.0 Å². The molecule has 0 bridgehead atoms. The zero-order valence-corrected chi connectivity index (χ0v) is 22.6. The Kier molecular flexibility index (Phi) is 6.40. The zero-order valence-electron chi connectivity index (χ0n) is 22.6. The Balaban J connectivity index is 1.42. The van der Waals surface area contributed by atoms with Gasteiger partial charge in [-0.25, -0.2) is 14.8 Å². The molecule has 0 amide bonds. The summed E-state index contributed by atoms with van der Waals surface area (Å²) in [6.07, 6.45) is 2.23. The van der Waals surface area contributed by atoms with Crippen molar-refractivity contribution in [2.45, 2.75) is 38.8 Å². The van der Waals surface area contributed by atoms with Gasteiger partial charge in [0.1, 0.15) is 6.07 Å². The number of ether oxygens (including phenoxy) is 1. The highest BCUT2D eigenvalue weighted by atomic mass is 16.5. The minimum atomic E-state index is -0.981. The summed E-state index contributed by atoms with van der Waals surface area (Å²) in [5.41, 5.74) is 4.56. The topological polar surface area (TPSA) is 115 Å². The second-order valence-electron chi connectivity index (χ2n) is 11.5. The monoisotopic (exact) mass is 526 g/mol. The van der Waals surface area contributed by atoms with Gasteiger partial charge in [0.2, 0.25) is 0 Å². The summed E-state index contributed by atoms with van der Waals surface area (Å²) < 4.78 is 6.01. The molecule has 1 aromatic heterocycles. The molecule has 3 aliphatic heterocycles. The van der Waals surface area contributed by atoms with Crippen molar-refractivity contribution in [1.29, 1.82) is 5.26 Å². The van der Waals surface area contributed by atoms with Crippen LogP contribution in [0.2, 0.25) is 0 Å². The number of piperidine rings is 1. The SMILES string of the molecule is Cc1cc([C@@H](C)Nc2ccccc2C(=O)O)c2nc(N3CC4(CCN(C)CC4)C4COCC43)c(C#N)nc2c1. The number of rotatable bonds is 5. The maximum atomic E-state index is 11.8. The number of aromatic carboxylic acids is 1. The Labute approximate surface area is 228 Å². The number of likely N-dealkylation sites (tertiary alicyclic amines) is 1. The van der Waals surface area contributed by atoms with Gasteiger partial charge < -0.3 is 25.0 Å². The molecule has 2 unspecified atom stereocenters. The number of hydrogen-bond donors (Lipinski definition) is 2. The van der Waals surface area contributed by atoms with Crippen molar-refractivity contribution in [1.82, 2.24) is 14.9 Å². The molecule has 3 saturated heterocycles. The zero-order chi connectivity index (χ0) is 27.3. The molecule has 6 rings (SSSR count). The second-order valence-corrected chi connectivity index (χ2v) is 11.5. The highest BCUT2D eigenvalue weighted by Gasteiger charge is 2.56. The summed E-state index contributed by atoms with van der Waals surface area (Å²) in [7, 11) is 2.18. The van der Waals surface area contributed by atoms with E-state index >= 15 is 0 Å². The van der Waals surface area contributed by atoms with Crippen LogP contribution in [0.5, 0.6) is 0 Å². The van der Waals surface area contributed by atoms with Gasteiger partial charge in [-0.3, -0.25) is 0 Å². The summed E-state index contributed by atoms with van der Waals surface area (Å²) in [6, 6.07) is 13.2. The number of aromatic nitrogens is 2. The van der Waals surface area contributed by atoms with Crippen molar-refractivity contribution < 1.29 is 14.6 Å². The van der Waals surface area contributed by atoms with Gasteiger partial charge in [0.15, 0.2) is 11.5 Å². The molecule has 4 heterocycles. The van der Waals surface area contributed by atoms with Gasteiger partial charge in [0.05, 0.1) is 41.9 Å². The first-order chi connectivity index (χ1) is 18.8. The van der Waals surface area contributed by atoms with Gasteiger partial charge in [0.25, 0.3) is 0 Å². The highest BCUT2D eigenvalue weighted by Crippen LogP contribution is 2.51. The fourth-order valence-electron chi connectivity index (χ4n) is 6.87. The van der Waals surface area contributed by atoms with Crippen molar-refractivity contribution in [3.05, 3.63) is 58.8 Å². The number of fused-ring (bicyclic) bond motifs is 3. The largest absolute Gasteiger partial charge is 0.478 e. The third-order valence-electron chi connectivity index (χ3n) is 9.00. The molecule has 3 atom stereocenters. The Hall–Kier alpha value is -3.74. The number of nitrogens with one attached hydrogen (secondary N) is 1. The van der Waals surface area contributed by atoms with E-state index in [4.69, 9.17) is 14.7 Å². The van der Waals surface area contributed by atoms with E-state index < -0.39 is 5.97 Å². The molecule has 2 aromatic carbocycles. The quantitative estimate of drug-likeness (QED) is 0.504. The van der Waals surface area contributed by atoms with Crippen LogP contribution >= 0.6 is 0 Å². The van der Waals surface area contributed by atoms with E-state index in [1.54, 1.807) is 18.2 Å². The number of aryl methyl sites for hydroxylation is 1. The minimum Gasteiger partial charge on any atom is -0.478 e. The molecular formula is C30H34N6O3. The predicted molar refractivity (Wildman–Crippen MR) is 149 cm³/mol. The molecule has 0 saturated carbocycles. The van der Waals surface area contributed by atoms with Gasteiger partial charge in [-0.2, -0.15) is 5.26 Å². The van der Waals surface area contributed by atoms with Crippen LogP contribution in [0.1, 0.15) is 53.0 Å². The normalized spacial score (nSPS) is 23.1. The summed E-state index contributed by atoms with van der Waals surface area (Å²) in [4.78, 5) is 26.5. The molecule has 3 aliphatic rings. The van der Waals surface area contributed by atoms with Crippen molar-refractivity contribution >= 4 is 28.5 Å². The lowest BCUT2D eigenvalue weighted by Gasteiger charge is -2.40. The average Bonchev–Trinajstić information content (AvgIpc) is 3.52. The molecule has 2 N–H and O–H groups in total. The molecule has 1 spiro atoms. The Morgan fingerprint density at radius 3 is 2.74 bits per heavy atom. The van der Waals surface area contributed by atoms with Crippen molar-refractivity contribution in [3.63, 3.8) is 0 Å². The first-order valence-electron chi connectivity index (χ1n) is 13.6.